The van der Waals surface area contributed by atoms with Crippen molar-refractivity contribution >= 4 is 23.2 Å². The number of halogens is 5. The molecule has 8 heteroatoms. The van der Waals surface area contributed by atoms with Gasteiger partial charge in [-0.2, -0.15) is 8.78 Å². The van der Waals surface area contributed by atoms with Crippen LogP contribution in [-0.2, 0) is 0 Å². The number of rotatable bonds is 4. The second-order valence-electron chi connectivity index (χ2n) is 3.45. The minimum Gasteiger partial charge on any atom is -0.398 e. The molecule has 3 N–H and O–H groups in total. The SMILES string of the molecule is Nc1cccc(Cl)c1C(=O)NCC(F)(F)C(F)F. The zero-order valence-electron chi connectivity index (χ0n) is 8.89. The number of nitrogens with one attached hydrogen (secondary N) is 1. The highest BCUT2D eigenvalue weighted by Crippen LogP contribution is 2.24. The Kier molecular flexibility index (Phi) is 4.39. The molecule has 0 aliphatic carbocycles. The molecule has 0 heterocycles. The molecule has 0 fully saturated rings. The molecule has 1 amide bonds. The quantitative estimate of drug-likeness (QED) is 0.659. The third kappa shape index (κ3) is 3.25. The average molecular weight is 285 g/mol. The summed E-state index contributed by atoms with van der Waals surface area (Å²) >= 11 is 5.66. The van der Waals surface area contributed by atoms with Crippen molar-refractivity contribution in [3.05, 3.63) is 28.8 Å². The van der Waals surface area contributed by atoms with Crippen molar-refractivity contribution in [1.29, 1.82) is 0 Å². The number of benzene rings is 1. The Morgan fingerprint density at radius 2 is 2.06 bits per heavy atom. The van der Waals surface area contributed by atoms with Gasteiger partial charge in [0.2, 0.25) is 0 Å². The molecule has 18 heavy (non-hydrogen) atoms. The molecule has 0 saturated heterocycles. The molecule has 0 bridgehead atoms. The molecule has 0 unspecified atom stereocenters. The van der Waals surface area contributed by atoms with Crippen LogP contribution in [0, 0.1) is 0 Å². The number of nitrogens with two attached hydrogens (primary N) is 1. The number of anilines is 1. The molecule has 0 spiro atoms. The maximum Gasteiger partial charge on any atom is 0.324 e. The van der Waals surface area contributed by atoms with Crippen molar-refractivity contribution in [2.24, 2.45) is 0 Å². The van der Waals surface area contributed by atoms with Gasteiger partial charge in [-0.3, -0.25) is 4.79 Å². The molecule has 1 rings (SSSR count). The Labute approximate surface area is 105 Å². The van der Waals surface area contributed by atoms with Gasteiger partial charge in [0.15, 0.2) is 0 Å². The summed E-state index contributed by atoms with van der Waals surface area (Å²) in [6.45, 7) is -1.49. The van der Waals surface area contributed by atoms with E-state index in [0.29, 0.717) is 0 Å². The maximum absolute atomic E-state index is 12.6. The molecule has 100 valence electrons. The first-order valence-electron chi connectivity index (χ1n) is 4.74. The van der Waals surface area contributed by atoms with E-state index in [2.05, 4.69) is 0 Å². The van der Waals surface area contributed by atoms with Gasteiger partial charge >= 0.3 is 12.3 Å². The highest BCUT2D eigenvalue weighted by molar-refractivity contribution is 6.34. The third-order valence-corrected chi connectivity index (χ3v) is 2.39. The number of carbonyl (C=O) groups is 1. The minimum atomic E-state index is -4.30. The Balaban J connectivity index is 2.79. The summed E-state index contributed by atoms with van der Waals surface area (Å²) in [6, 6.07) is 4.13. The Bertz CT molecular complexity index is 433. The van der Waals surface area contributed by atoms with Crippen LogP contribution in [0.25, 0.3) is 0 Å². The first kappa shape index (κ1) is 14.6. The topological polar surface area (TPSA) is 55.1 Å². The van der Waals surface area contributed by atoms with E-state index in [1.54, 1.807) is 5.32 Å². The summed E-state index contributed by atoms with van der Waals surface area (Å²) < 4.78 is 48.9. The van der Waals surface area contributed by atoms with Crippen LogP contribution in [-0.4, -0.2) is 24.8 Å². The van der Waals surface area contributed by atoms with Crippen molar-refractivity contribution in [3.8, 4) is 0 Å². The number of hydrogen-bond donors (Lipinski definition) is 2. The predicted octanol–water partition coefficient (Wildman–Crippen LogP) is 2.55. The van der Waals surface area contributed by atoms with Gasteiger partial charge in [0.05, 0.1) is 17.1 Å². The van der Waals surface area contributed by atoms with E-state index in [-0.39, 0.29) is 16.3 Å². The van der Waals surface area contributed by atoms with E-state index in [1.165, 1.54) is 18.2 Å². The summed E-state index contributed by atoms with van der Waals surface area (Å²) in [4.78, 5) is 11.5. The number of carbonyl (C=O) groups excluding carboxylic acids is 1. The van der Waals surface area contributed by atoms with Gasteiger partial charge in [-0.05, 0) is 12.1 Å². The average Bonchev–Trinajstić information content (AvgIpc) is 2.26. The number of hydrogen-bond acceptors (Lipinski definition) is 2. The van der Waals surface area contributed by atoms with Crippen molar-refractivity contribution in [3.63, 3.8) is 0 Å². The van der Waals surface area contributed by atoms with Gasteiger partial charge < -0.3 is 11.1 Å². The van der Waals surface area contributed by atoms with Crippen molar-refractivity contribution in [1.82, 2.24) is 5.32 Å². The molecular weight excluding hydrogens is 276 g/mol. The molecule has 0 aliphatic heterocycles. The van der Waals surface area contributed by atoms with Crippen LogP contribution in [0.1, 0.15) is 10.4 Å². The van der Waals surface area contributed by atoms with Crippen molar-refractivity contribution in [2.45, 2.75) is 12.3 Å². The largest absolute Gasteiger partial charge is 0.398 e. The minimum absolute atomic E-state index is 0.0274. The van der Waals surface area contributed by atoms with Gasteiger partial charge in [-0.15, -0.1) is 0 Å². The van der Waals surface area contributed by atoms with Gasteiger partial charge in [-0.25, -0.2) is 8.78 Å². The van der Waals surface area contributed by atoms with Crippen LogP contribution in [0.4, 0.5) is 23.2 Å². The predicted molar refractivity (Wildman–Crippen MR) is 59.1 cm³/mol. The zero-order valence-corrected chi connectivity index (χ0v) is 9.65. The van der Waals surface area contributed by atoms with Gasteiger partial charge in [0.25, 0.3) is 5.91 Å². The number of nitrogen functional groups attached to an aromatic ring is 1. The van der Waals surface area contributed by atoms with Crippen LogP contribution < -0.4 is 11.1 Å². The molecule has 0 atom stereocenters. The fourth-order valence-corrected chi connectivity index (χ4v) is 1.41. The van der Waals surface area contributed by atoms with E-state index in [1.807, 2.05) is 0 Å². The fourth-order valence-electron chi connectivity index (χ4n) is 1.14. The third-order valence-electron chi connectivity index (χ3n) is 2.08. The normalized spacial score (nSPS) is 11.7. The standard InChI is InChI=1S/C10H9ClF4N2O/c11-5-2-1-3-6(16)7(5)8(18)17-4-10(14,15)9(12)13/h1-3,9H,4,16H2,(H,17,18). The van der Waals surface area contributed by atoms with Crippen LogP contribution in [0.15, 0.2) is 18.2 Å². The van der Waals surface area contributed by atoms with E-state index in [4.69, 9.17) is 17.3 Å². The molecule has 0 radical (unpaired) electrons. The van der Waals surface area contributed by atoms with Gasteiger partial charge in [0, 0.05) is 5.69 Å². The van der Waals surface area contributed by atoms with Gasteiger partial charge in [0.1, 0.15) is 0 Å². The fraction of sp³-hybridized carbons (Fsp3) is 0.300. The lowest BCUT2D eigenvalue weighted by molar-refractivity contribution is -0.123. The lowest BCUT2D eigenvalue weighted by Gasteiger charge is -2.16. The highest BCUT2D eigenvalue weighted by Gasteiger charge is 2.41. The highest BCUT2D eigenvalue weighted by atomic mass is 35.5. The molecular formula is C10H9ClF4N2O. The number of alkyl halides is 4. The lowest BCUT2D eigenvalue weighted by Crippen LogP contribution is -2.41. The maximum atomic E-state index is 12.6. The summed E-state index contributed by atoms with van der Waals surface area (Å²) in [6.07, 6.45) is -3.86. The van der Waals surface area contributed by atoms with Crippen LogP contribution in [0.2, 0.25) is 5.02 Å². The summed E-state index contributed by atoms with van der Waals surface area (Å²) in [5.41, 5.74) is 5.19. The molecule has 1 aromatic carbocycles. The van der Waals surface area contributed by atoms with E-state index in [9.17, 15) is 22.4 Å². The van der Waals surface area contributed by atoms with Crippen molar-refractivity contribution in [2.75, 3.05) is 12.3 Å². The Hall–Kier alpha value is -1.50. The van der Waals surface area contributed by atoms with Gasteiger partial charge in [-0.1, -0.05) is 17.7 Å². The molecule has 0 aromatic heterocycles. The van der Waals surface area contributed by atoms with Crippen LogP contribution in [0.3, 0.4) is 0 Å². The molecule has 1 aromatic rings. The zero-order chi connectivity index (χ0) is 13.9. The Morgan fingerprint density at radius 3 is 2.56 bits per heavy atom. The van der Waals surface area contributed by atoms with E-state index in [0.717, 1.165) is 0 Å². The second kappa shape index (κ2) is 5.43. The summed E-state index contributed by atoms with van der Waals surface area (Å²) in [7, 11) is 0. The summed E-state index contributed by atoms with van der Waals surface area (Å²) in [5, 5.41) is 1.62. The van der Waals surface area contributed by atoms with Crippen LogP contribution in [0.5, 0.6) is 0 Å². The van der Waals surface area contributed by atoms with Crippen molar-refractivity contribution < 1.29 is 22.4 Å². The Morgan fingerprint density at radius 1 is 1.44 bits per heavy atom. The molecule has 0 saturated carbocycles. The molecule has 0 aliphatic rings. The lowest BCUT2D eigenvalue weighted by atomic mass is 10.1. The second-order valence-corrected chi connectivity index (χ2v) is 3.86. The van der Waals surface area contributed by atoms with E-state index < -0.39 is 24.8 Å². The van der Waals surface area contributed by atoms with Crippen LogP contribution >= 0.6 is 11.6 Å². The smallest absolute Gasteiger partial charge is 0.324 e. The monoisotopic (exact) mass is 284 g/mol. The molecule has 3 nitrogen and oxygen atoms in total. The number of amides is 1. The summed E-state index contributed by atoms with van der Waals surface area (Å²) in [5.74, 6) is -5.33. The first-order valence-corrected chi connectivity index (χ1v) is 5.11. The first-order chi connectivity index (χ1) is 8.25. The van der Waals surface area contributed by atoms with E-state index >= 15 is 0 Å².